The van der Waals surface area contributed by atoms with Crippen LogP contribution in [0.2, 0.25) is 0 Å². The van der Waals surface area contributed by atoms with Gasteiger partial charge < -0.3 is 64.9 Å². The Hall–Kier alpha value is -1.86. The van der Waals surface area contributed by atoms with Crippen molar-refractivity contribution < 1.29 is 115 Å². The zero-order valence-corrected chi connectivity index (χ0v) is 29.5. The topological polar surface area (TPSA) is 370 Å². The van der Waals surface area contributed by atoms with E-state index >= 15 is 0 Å². The number of anilines is 1. The summed E-state index contributed by atoms with van der Waals surface area (Å²) in [5.74, 6) is -0.876. The summed E-state index contributed by atoms with van der Waals surface area (Å²) in [6.45, 7) is -2.21. The number of phosphoric acid groups is 3. The van der Waals surface area contributed by atoms with E-state index in [-0.39, 0.29) is 52.1 Å². The van der Waals surface area contributed by atoms with Crippen LogP contribution >= 0.6 is 23.5 Å². The molecule has 1 amide bonds. The quantitative estimate of drug-likeness (QED) is 0.0483. The monoisotopic (exact) mass is 765 g/mol. The van der Waals surface area contributed by atoms with Crippen LogP contribution < -0.4 is 55.4 Å². The first-order valence-electron chi connectivity index (χ1n) is 13.3. The number of nitrogens with zero attached hydrogens (tertiary/aromatic N) is 5. The molecule has 10 atom stereocenters. The van der Waals surface area contributed by atoms with Crippen LogP contribution in [0.3, 0.4) is 0 Å². The van der Waals surface area contributed by atoms with Crippen molar-refractivity contribution in [2.45, 2.75) is 49.1 Å². The number of hydrogen-bond acceptors (Lipinski definition) is 19. The Balaban J connectivity index is 0.00000541. The van der Waals surface area contributed by atoms with Gasteiger partial charge in [-0.15, -0.1) is 0 Å². The van der Waals surface area contributed by atoms with Crippen molar-refractivity contribution >= 4 is 46.4 Å². The molecule has 49 heavy (non-hydrogen) atoms. The van der Waals surface area contributed by atoms with Crippen molar-refractivity contribution in [1.29, 1.82) is 0 Å². The predicted octanol–water partition coefficient (Wildman–Crippen LogP) is -7.16. The number of fused-ring (bicyclic) bond motifs is 1. The number of aliphatic hydroxyl groups is 3. The standard InChI is InChI=1S/C21H28N7O17P3.Na/c22-17-12-19(25-7-24-17)28(8-26-12)21-16(44-46(33,34)35)14(30)11(43-21)6-41-48(38,39)45-47(36,37)40-5-10-13(29)15(31)20(42-10)27-3-1-2-9(4-27)18(23)32;/h1-4,7-8,10-11,13-16,20-21,29-31H,5-6H2,(H7-,22,23,24,25,32,33,34,35,36,37,38,39);/q;+1/p-1/t10-,11-,13?,14?,15+,16+,20-,21-;/m1./s1. The number of primary amides is 1. The molecule has 2 fully saturated rings. The number of hydrogen-bond donors (Lipinski definition) is 7. The number of phosphoric ester groups is 3. The smallest absolute Gasteiger partial charge is 0.756 e. The second-order valence-electron chi connectivity index (χ2n) is 10.2. The van der Waals surface area contributed by atoms with Gasteiger partial charge in [0.05, 0.1) is 19.5 Å². The molecular formula is C21H27N7NaO17P3. The molecule has 0 bridgehead atoms. The van der Waals surface area contributed by atoms with E-state index in [9.17, 15) is 53.4 Å². The Morgan fingerprint density at radius 2 is 1.63 bits per heavy atom. The summed E-state index contributed by atoms with van der Waals surface area (Å²) in [5, 5.41) is 31.4. The fourth-order valence-electron chi connectivity index (χ4n) is 4.82. The number of imidazole rings is 1. The molecule has 4 unspecified atom stereocenters. The van der Waals surface area contributed by atoms with Crippen LogP contribution in [0.4, 0.5) is 5.82 Å². The molecule has 2 aliphatic heterocycles. The largest absolute Gasteiger partial charge is 1.00 e. The molecule has 3 aromatic heterocycles. The van der Waals surface area contributed by atoms with Crippen molar-refractivity contribution in [3.8, 4) is 0 Å². The third kappa shape index (κ3) is 9.33. The van der Waals surface area contributed by atoms with Gasteiger partial charge in [-0.3, -0.25) is 23.0 Å². The van der Waals surface area contributed by atoms with E-state index in [1.165, 1.54) is 29.1 Å². The minimum atomic E-state index is -5.84. The Labute approximate surface area is 296 Å². The summed E-state index contributed by atoms with van der Waals surface area (Å²) in [6.07, 6.45) is -8.80. The number of aromatic nitrogens is 5. The van der Waals surface area contributed by atoms with Gasteiger partial charge in [0.15, 0.2) is 36.2 Å². The summed E-state index contributed by atoms with van der Waals surface area (Å²) < 4.78 is 67.4. The van der Waals surface area contributed by atoms with Crippen molar-refractivity contribution in [2.75, 3.05) is 18.9 Å². The van der Waals surface area contributed by atoms with E-state index in [0.29, 0.717) is 0 Å². The molecule has 0 saturated carbocycles. The van der Waals surface area contributed by atoms with E-state index in [2.05, 4.69) is 32.8 Å². The fraction of sp³-hybridized carbons (Fsp3) is 0.476. The Morgan fingerprint density at radius 1 is 1.00 bits per heavy atom. The third-order valence-corrected chi connectivity index (χ3v) is 10.0. The minimum Gasteiger partial charge on any atom is -0.756 e. The molecule has 0 aromatic carbocycles. The van der Waals surface area contributed by atoms with Crippen LogP contribution in [0.25, 0.3) is 11.2 Å². The Morgan fingerprint density at radius 3 is 2.24 bits per heavy atom. The maximum atomic E-state index is 12.4. The van der Waals surface area contributed by atoms with Gasteiger partial charge in [-0.05, 0) is 6.07 Å². The van der Waals surface area contributed by atoms with E-state index in [0.717, 1.165) is 17.2 Å². The third-order valence-electron chi connectivity index (χ3n) is 6.96. The number of aliphatic hydroxyl groups excluding tert-OH is 3. The number of ether oxygens (including phenoxy) is 2. The molecule has 2 aliphatic rings. The van der Waals surface area contributed by atoms with E-state index in [1.807, 2.05) is 0 Å². The van der Waals surface area contributed by atoms with Crippen LogP contribution in [0, 0.1) is 0 Å². The normalized spacial score (nSPS) is 29.7. The zero-order valence-electron chi connectivity index (χ0n) is 24.9. The van der Waals surface area contributed by atoms with E-state index in [1.54, 1.807) is 0 Å². The van der Waals surface area contributed by atoms with Crippen molar-refractivity contribution in [1.82, 2.24) is 19.5 Å². The second kappa shape index (κ2) is 15.4. The molecule has 24 nitrogen and oxygen atoms in total. The molecule has 5 rings (SSSR count). The van der Waals surface area contributed by atoms with Gasteiger partial charge >= 0.3 is 37.4 Å². The number of nitrogens with two attached hydrogens (primary N) is 2. The predicted molar refractivity (Wildman–Crippen MR) is 146 cm³/mol. The summed E-state index contributed by atoms with van der Waals surface area (Å²) in [6, 6.07) is 2.76. The maximum absolute atomic E-state index is 12.4. The maximum Gasteiger partial charge on any atom is 1.00 e. The molecular weight excluding hydrogens is 738 g/mol. The van der Waals surface area contributed by atoms with E-state index in [4.69, 9.17) is 20.9 Å². The molecule has 0 spiro atoms. The van der Waals surface area contributed by atoms with Crippen molar-refractivity contribution in [3.05, 3.63) is 42.7 Å². The first-order chi connectivity index (χ1) is 22.4. The average molecular weight is 765 g/mol. The van der Waals surface area contributed by atoms with Crippen LogP contribution in [0.15, 0.2) is 37.2 Å². The number of nitrogen functional groups attached to an aromatic ring is 1. The van der Waals surface area contributed by atoms with Crippen LogP contribution in [0.1, 0.15) is 22.8 Å². The summed E-state index contributed by atoms with van der Waals surface area (Å²) in [5.41, 5.74) is 11.0. The molecule has 9 N–H and O–H groups in total. The molecule has 28 heteroatoms. The number of carbonyl (C=O) groups excluding carboxylic acids is 1. The van der Waals surface area contributed by atoms with Gasteiger partial charge in [0, 0.05) is 6.07 Å². The van der Waals surface area contributed by atoms with Crippen molar-refractivity contribution in [3.63, 3.8) is 0 Å². The molecule has 0 radical (unpaired) electrons. The molecule has 0 aliphatic carbocycles. The van der Waals surface area contributed by atoms with Gasteiger partial charge in [0.1, 0.15) is 47.9 Å². The summed E-state index contributed by atoms with van der Waals surface area (Å²) in [4.78, 5) is 66.6. The van der Waals surface area contributed by atoms with Gasteiger partial charge in [0.25, 0.3) is 27.8 Å². The molecule has 2 saturated heterocycles. The number of pyridine rings is 1. The number of amides is 1. The van der Waals surface area contributed by atoms with E-state index < -0.39 is 91.7 Å². The Kier molecular flexibility index (Phi) is 12.5. The first-order valence-corrected chi connectivity index (χ1v) is 17.8. The van der Waals surface area contributed by atoms with Crippen LogP contribution in [0.5, 0.6) is 0 Å². The van der Waals surface area contributed by atoms with Crippen LogP contribution in [-0.2, 0) is 41.1 Å². The van der Waals surface area contributed by atoms with Gasteiger partial charge in [-0.25, -0.2) is 23.8 Å². The molecule has 3 aromatic rings. The SMILES string of the molecule is NC(=O)c1ccc[n+]([C@@H]2O[C@H](COP(=O)([O-])OP(=O)([O-])OC[C@H]3O[C@@H](n4cnc5c(N)ncnc54)[C@@H](OP(=O)(O)O)C3O)C(O)[C@@H]2O)c1.[Na+]. The first kappa shape index (κ1) is 39.9. The minimum absolute atomic E-state index is 0. The number of rotatable bonds is 13. The Bertz CT molecular complexity index is 1820. The summed E-state index contributed by atoms with van der Waals surface area (Å²) in [7, 11) is -16.9. The van der Waals surface area contributed by atoms with Gasteiger partial charge in [-0.2, -0.15) is 4.57 Å². The average Bonchev–Trinajstić information content (AvgIpc) is 3.64. The van der Waals surface area contributed by atoms with Gasteiger partial charge in [-0.1, -0.05) is 0 Å². The summed E-state index contributed by atoms with van der Waals surface area (Å²) >= 11 is 0. The zero-order chi connectivity index (χ0) is 35.2. The second-order valence-corrected chi connectivity index (χ2v) is 14.4. The molecule has 264 valence electrons. The van der Waals surface area contributed by atoms with Crippen molar-refractivity contribution in [2.24, 2.45) is 5.73 Å². The van der Waals surface area contributed by atoms with Gasteiger partial charge in [0.2, 0.25) is 0 Å². The number of carbonyl (C=O) groups is 1. The molecule has 5 heterocycles. The fourth-order valence-corrected chi connectivity index (χ4v) is 7.38. The van der Waals surface area contributed by atoms with Crippen LogP contribution in [-0.4, -0.2) is 100 Å².